The molecule has 0 saturated heterocycles. The fourth-order valence-corrected chi connectivity index (χ4v) is 4.35. The van der Waals surface area contributed by atoms with Crippen molar-refractivity contribution in [3.05, 3.63) is 95.4 Å². The van der Waals surface area contributed by atoms with Crippen LogP contribution in [0.3, 0.4) is 0 Å². The number of benzene rings is 3. The first kappa shape index (κ1) is 21.6. The molecule has 0 radical (unpaired) electrons. The zero-order valence-corrected chi connectivity index (χ0v) is 18.8. The summed E-state index contributed by atoms with van der Waals surface area (Å²) in [6.07, 6.45) is 0.333. The molecule has 0 atom stereocenters. The van der Waals surface area contributed by atoms with Gasteiger partial charge >= 0.3 is 0 Å². The van der Waals surface area contributed by atoms with Gasteiger partial charge in [0, 0.05) is 23.3 Å². The van der Waals surface area contributed by atoms with Crippen LogP contribution in [0.2, 0.25) is 0 Å². The predicted octanol–water partition coefficient (Wildman–Crippen LogP) is 5.99. The van der Waals surface area contributed by atoms with Gasteiger partial charge in [0.2, 0.25) is 5.91 Å². The molecule has 0 fully saturated rings. The summed E-state index contributed by atoms with van der Waals surface area (Å²) >= 11 is 1.40. The SMILES string of the molecule is COc1ccc(-c2csc(NC(=O)CC(c3ccccc3)c3ccccc3)n2)cc1OC. The van der Waals surface area contributed by atoms with Gasteiger partial charge in [-0.05, 0) is 29.3 Å². The molecule has 0 aliphatic heterocycles. The molecule has 1 N–H and O–H groups in total. The average molecular weight is 445 g/mol. The predicted molar refractivity (Wildman–Crippen MR) is 129 cm³/mol. The second kappa shape index (κ2) is 10.1. The lowest BCUT2D eigenvalue weighted by atomic mass is 9.88. The molecule has 0 spiro atoms. The topological polar surface area (TPSA) is 60.5 Å². The van der Waals surface area contributed by atoms with Crippen LogP contribution in [-0.2, 0) is 4.79 Å². The summed E-state index contributed by atoms with van der Waals surface area (Å²) in [6, 6.07) is 25.8. The largest absolute Gasteiger partial charge is 0.493 e. The van der Waals surface area contributed by atoms with Gasteiger partial charge in [-0.1, -0.05) is 60.7 Å². The number of hydrogen-bond donors (Lipinski definition) is 1. The Labute approximate surface area is 191 Å². The van der Waals surface area contributed by atoms with Crippen molar-refractivity contribution in [2.45, 2.75) is 12.3 Å². The number of methoxy groups -OCH3 is 2. The van der Waals surface area contributed by atoms with Crippen molar-refractivity contribution in [2.24, 2.45) is 0 Å². The number of rotatable bonds is 8. The highest BCUT2D eigenvalue weighted by molar-refractivity contribution is 7.14. The third kappa shape index (κ3) is 4.98. The van der Waals surface area contributed by atoms with Gasteiger partial charge < -0.3 is 14.8 Å². The Kier molecular flexibility index (Phi) is 6.82. The first-order valence-electron chi connectivity index (χ1n) is 10.3. The summed E-state index contributed by atoms with van der Waals surface area (Å²) in [7, 11) is 3.20. The van der Waals surface area contributed by atoms with E-state index in [1.807, 2.05) is 60.0 Å². The van der Waals surface area contributed by atoms with Crippen molar-refractivity contribution < 1.29 is 14.3 Å². The van der Waals surface area contributed by atoms with Crippen LogP contribution in [0.5, 0.6) is 11.5 Å². The highest BCUT2D eigenvalue weighted by atomic mass is 32.1. The Morgan fingerprint density at radius 1 is 0.906 bits per heavy atom. The molecule has 162 valence electrons. The van der Waals surface area contributed by atoms with E-state index in [0.717, 1.165) is 22.4 Å². The fourth-order valence-electron chi connectivity index (χ4n) is 3.61. The molecule has 6 heteroatoms. The first-order chi connectivity index (χ1) is 15.7. The molecule has 0 unspecified atom stereocenters. The summed E-state index contributed by atoms with van der Waals surface area (Å²) in [6.45, 7) is 0. The maximum atomic E-state index is 12.9. The molecular formula is C26H24N2O3S. The van der Waals surface area contributed by atoms with E-state index in [0.29, 0.717) is 23.1 Å². The first-order valence-corrected chi connectivity index (χ1v) is 11.1. The molecule has 1 heterocycles. The minimum Gasteiger partial charge on any atom is -0.493 e. The van der Waals surface area contributed by atoms with Crippen LogP contribution in [0, 0.1) is 0 Å². The Bertz CT molecular complexity index is 1140. The lowest BCUT2D eigenvalue weighted by Gasteiger charge is -2.17. The van der Waals surface area contributed by atoms with Crippen LogP contribution in [-0.4, -0.2) is 25.1 Å². The molecule has 0 aliphatic carbocycles. The maximum Gasteiger partial charge on any atom is 0.227 e. The van der Waals surface area contributed by atoms with Crippen LogP contribution >= 0.6 is 11.3 Å². The third-order valence-electron chi connectivity index (χ3n) is 5.22. The van der Waals surface area contributed by atoms with Gasteiger partial charge in [0.05, 0.1) is 19.9 Å². The van der Waals surface area contributed by atoms with Gasteiger partial charge in [0.15, 0.2) is 16.6 Å². The normalized spacial score (nSPS) is 10.7. The number of ether oxygens (including phenoxy) is 2. The van der Waals surface area contributed by atoms with Crippen LogP contribution in [0.15, 0.2) is 84.2 Å². The number of anilines is 1. The molecule has 0 bridgehead atoms. The van der Waals surface area contributed by atoms with Gasteiger partial charge in [-0.3, -0.25) is 4.79 Å². The number of nitrogens with one attached hydrogen (secondary N) is 1. The van der Waals surface area contributed by atoms with Gasteiger partial charge in [-0.15, -0.1) is 11.3 Å². The summed E-state index contributed by atoms with van der Waals surface area (Å²) in [5.41, 5.74) is 3.89. The van der Waals surface area contributed by atoms with E-state index in [-0.39, 0.29) is 11.8 Å². The number of carbonyl (C=O) groups is 1. The lowest BCUT2D eigenvalue weighted by molar-refractivity contribution is -0.116. The van der Waals surface area contributed by atoms with E-state index in [2.05, 4.69) is 34.6 Å². The number of carbonyl (C=O) groups excluding carboxylic acids is 1. The summed E-state index contributed by atoms with van der Waals surface area (Å²) in [5, 5.41) is 5.45. The molecule has 1 aromatic heterocycles. The lowest BCUT2D eigenvalue weighted by Crippen LogP contribution is -2.16. The van der Waals surface area contributed by atoms with Crippen LogP contribution < -0.4 is 14.8 Å². The van der Waals surface area contributed by atoms with E-state index in [4.69, 9.17) is 9.47 Å². The highest BCUT2D eigenvalue weighted by Crippen LogP contribution is 2.34. The smallest absolute Gasteiger partial charge is 0.227 e. The van der Waals surface area contributed by atoms with Gasteiger partial charge in [0.25, 0.3) is 0 Å². The molecule has 1 amide bonds. The monoisotopic (exact) mass is 444 g/mol. The molecule has 4 rings (SSSR count). The van der Waals surface area contributed by atoms with Crippen molar-refractivity contribution in [1.29, 1.82) is 0 Å². The standard InChI is InChI=1S/C26H24N2O3S/c1-30-23-14-13-20(15-24(23)31-2)22-17-32-26(27-22)28-25(29)16-21(18-9-5-3-6-10-18)19-11-7-4-8-12-19/h3-15,17,21H,16H2,1-2H3,(H,27,28,29). The Morgan fingerprint density at radius 3 is 2.12 bits per heavy atom. The van der Waals surface area contributed by atoms with E-state index in [1.165, 1.54) is 11.3 Å². The van der Waals surface area contributed by atoms with E-state index >= 15 is 0 Å². The Morgan fingerprint density at radius 2 is 1.53 bits per heavy atom. The molecule has 4 aromatic rings. The summed E-state index contributed by atoms with van der Waals surface area (Å²) in [5.74, 6) is 1.20. The molecule has 0 saturated carbocycles. The van der Waals surface area contributed by atoms with Crippen LogP contribution in [0.4, 0.5) is 5.13 Å². The zero-order valence-electron chi connectivity index (χ0n) is 17.9. The van der Waals surface area contributed by atoms with Crippen LogP contribution in [0.25, 0.3) is 11.3 Å². The van der Waals surface area contributed by atoms with Crippen molar-refractivity contribution >= 4 is 22.4 Å². The minimum absolute atomic E-state index is 0.0253. The second-order valence-corrected chi connectivity index (χ2v) is 8.09. The van der Waals surface area contributed by atoms with Crippen molar-refractivity contribution in [3.8, 4) is 22.8 Å². The Hall–Kier alpha value is -3.64. The highest BCUT2D eigenvalue weighted by Gasteiger charge is 2.19. The molecule has 32 heavy (non-hydrogen) atoms. The Balaban J connectivity index is 1.50. The van der Waals surface area contributed by atoms with Crippen molar-refractivity contribution in [1.82, 2.24) is 4.98 Å². The maximum absolute atomic E-state index is 12.9. The van der Waals surface area contributed by atoms with Crippen molar-refractivity contribution in [3.63, 3.8) is 0 Å². The molecule has 5 nitrogen and oxygen atoms in total. The van der Waals surface area contributed by atoms with E-state index in [9.17, 15) is 4.79 Å². The number of nitrogens with zero attached hydrogens (tertiary/aromatic N) is 1. The number of amides is 1. The zero-order chi connectivity index (χ0) is 22.3. The fraction of sp³-hybridized carbons (Fsp3) is 0.154. The molecule has 0 aliphatic rings. The molecule has 3 aromatic carbocycles. The quantitative estimate of drug-likeness (QED) is 0.363. The van der Waals surface area contributed by atoms with Gasteiger partial charge in [0.1, 0.15) is 0 Å². The number of hydrogen-bond acceptors (Lipinski definition) is 5. The van der Waals surface area contributed by atoms with Gasteiger partial charge in [-0.2, -0.15) is 0 Å². The second-order valence-electron chi connectivity index (χ2n) is 7.23. The number of aromatic nitrogens is 1. The van der Waals surface area contributed by atoms with Crippen molar-refractivity contribution in [2.75, 3.05) is 19.5 Å². The third-order valence-corrected chi connectivity index (χ3v) is 5.98. The van der Waals surface area contributed by atoms with Gasteiger partial charge in [-0.25, -0.2) is 4.98 Å². The molecular weight excluding hydrogens is 420 g/mol. The van der Waals surface area contributed by atoms with Crippen LogP contribution in [0.1, 0.15) is 23.5 Å². The summed E-state index contributed by atoms with van der Waals surface area (Å²) in [4.78, 5) is 17.5. The van der Waals surface area contributed by atoms with E-state index < -0.39 is 0 Å². The van der Waals surface area contributed by atoms with E-state index in [1.54, 1.807) is 14.2 Å². The number of thiazole rings is 1. The minimum atomic E-state index is -0.0732. The average Bonchev–Trinajstić information content (AvgIpc) is 3.31. The summed E-state index contributed by atoms with van der Waals surface area (Å²) < 4.78 is 10.7.